The third-order valence-electron chi connectivity index (χ3n) is 19.4. The van der Waals surface area contributed by atoms with E-state index in [-0.39, 0.29) is 24.7 Å². The van der Waals surface area contributed by atoms with Crippen molar-refractivity contribution in [3.63, 3.8) is 0 Å². The number of pyridine rings is 3. The predicted molar refractivity (Wildman–Crippen MR) is 373 cm³/mol. The van der Waals surface area contributed by atoms with Gasteiger partial charge in [0.2, 0.25) is 0 Å². The van der Waals surface area contributed by atoms with Gasteiger partial charge >= 0.3 is 0 Å². The Morgan fingerprint density at radius 2 is 0.500 bits per heavy atom. The number of rotatable bonds is 9. The molecule has 88 heavy (non-hydrogen) atoms. The standard InChI is InChI=1S/C84H63N3.B/c1-82(2)73(46-55-34-31-52-19-7-10-28-70(52)79(55)82)76-40-37-58(49-85-76)64-22-13-16-25-67(64)61-43-62(68-26-17-14-23-65(68)59-38-41-77(86-50-59)74-47-56-35-32-53-20-8-11-29-71(53)80(56)83(74,3)4)45-63(44-61)69-27-18-15-24-66(69)60-39-42-78(87-51-60)75-48-57-36-33-54-21-9-12-30-72(54)81(57)84(75,5)6;/h7-51H,1-6H3;. The zero-order valence-electron chi connectivity index (χ0n) is 50.4. The normalized spacial score (nSPS) is 14.9. The van der Waals surface area contributed by atoms with E-state index >= 15 is 0 Å². The molecule has 3 aromatic heterocycles. The van der Waals surface area contributed by atoms with Crippen LogP contribution < -0.4 is 0 Å². The monoisotopic (exact) mass is 1120 g/mol. The molecule has 0 aliphatic heterocycles. The number of hydrogen-bond acceptors (Lipinski definition) is 3. The summed E-state index contributed by atoms with van der Waals surface area (Å²) in [6.45, 7) is 14.0. The van der Waals surface area contributed by atoms with Crippen molar-refractivity contribution in [3.8, 4) is 66.8 Å². The van der Waals surface area contributed by atoms with Gasteiger partial charge in [0.05, 0.1) is 17.1 Å². The van der Waals surface area contributed by atoms with Crippen LogP contribution in [0.15, 0.2) is 255 Å². The lowest BCUT2D eigenvalue weighted by Crippen LogP contribution is -2.17. The van der Waals surface area contributed by atoms with E-state index in [2.05, 4.69) is 315 Å². The molecule has 0 spiro atoms. The van der Waals surface area contributed by atoms with Crippen molar-refractivity contribution in [1.29, 1.82) is 0 Å². The smallest absolute Gasteiger partial charge is 0.0671 e. The van der Waals surface area contributed by atoms with Gasteiger partial charge in [-0.3, -0.25) is 15.0 Å². The Kier molecular flexibility index (Phi) is 12.8. The topological polar surface area (TPSA) is 38.7 Å². The summed E-state index contributed by atoms with van der Waals surface area (Å²) in [5.41, 5.74) is 27.2. The minimum atomic E-state index is -0.220. The maximum absolute atomic E-state index is 5.29. The molecule has 13 aromatic rings. The van der Waals surface area contributed by atoms with Gasteiger partial charge in [-0.2, -0.15) is 0 Å². The summed E-state index contributed by atoms with van der Waals surface area (Å²) in [6, 6.07) is 86.7. The first-order valence-electron chi connectivity index (χ1n) is 30.5. The summed E-state index contributed by atoms with van der Waals surface area (Å²) in [5.74, 6) is 0. The molecule has 0 amide bonds. The highest BCUT2D eigenvalue weighted by molar-refractivity contribution is 6.05. The van der Waals surface area contributed by atoms with Crippen LogP contribution in [0.25, 0.3) is 134 Å². The first-order valence-corrected chi connectivity index (χ1v) is 30.5. The van der Waals surface area contributed by atoms with E-state index in [1.54, 1.807) is 0 Å². The van der Waals surface area contributed by atoms with Gasteiger partial charge in [0.1, 0.15) is 0 Å². The number of fused-ring (bicyclic) bond motifs is 9. The van der Waals surface area contributed by atoms with Crippen molar-refractivity contribution in [1.82, 2.24) is 15.0 Å². The third-order valence-corrected chi connectivity index (χ3v) is 19.4. The summed E-state index contributed by atoms with van der Waals surface area (Å²) >= 11 is 0. The summed E-state index contributed by atoms with van der Waals surface area (Å²) in [7, 11) is 0. The van der Waals surface area contributed by atoms with Crippen LogP contribution in [0.1, 0.15) is 92.0 Å². The molecule has 4 heteroatoms. The molecule has 0 N–H and O–H groups in total. The second kappa shape index (κ2) is 20.7. The Labute approximate surface area is 517 Å². The quantitative estimate of drug-likeness (QED) is 0.135. The van der Waals surface area contributed by atoms with Crippen molar-refractivity contribution in [2.45, 2.75) is 57.8 Å². The van der Waals surface area contributed by atoms with Crippen molar-refractivity contribution in [2.75, 3.05) is 0 Å². The average molecular weight is 1130 g/mol. The summed E-state index contributed by atoms with van der Waals surface area (Å²) < 4.78 is 0. The zero-order chi connectivity index (χ0) is 58.8. The van der Waals surface area contributed by atoms with E-state index in [9.17, 15) is 0 Å². The van der Waals surface area contributed by atoms with Crippen molar-refractivity contribution in [2.24, 2.45) is 0 Å². The molecule has 16 rings (SSSR count). The van der Waals surface area contributed by atoms with Crippen molar-refractivity contribution < 1.29 is 0 Å². The fourth-order valence-corrected chi connectivity index (χ4v) is 15.1. The summed E-state index contributed by atoms with van der Waals surface area (Å²) in [5, 5.41) is 7.70. The highest BCUT2D eigenvalue weighted by Crippen LogP contribution is 2.53. The molecule has 3 nitrogen and oxygen atoms in total. The SMILES string of the molecule is CC1(C)C(c2ccc(-c3ccccc3-c3cc(-c4ccccc4-c4ccc(C5=Cc6ccc7ccccc7c6C5(C)C)nc4)cc(-c4ccccc4-c4ccc(C5=Cc6ccc7ccccc7c6C5(C)C)nc4)c3)cn2)=Cc2ccc3ccccc3c21.[B]. The van der Waals surface area contributed by atoms with Crippen LogP contribution in [0.4, 0.5) is 0 Å². The molecular formula is C84H63BN3. The Hall–Kier alpha value is -10.3. The van der Waals surface area contributed by atoms with E-state index < -0.39 is 0 Å². The summed E-state index contributed by atoms with van der Waals surface area (Å²) in [6.07, 6.45) is 13.3. The van der Waals surface area contributed by atoms with Gasteiger partial charge in [-0.05, 0) is 187 Å². The van der Waals surface area contributed by atoms with Gasteiger partial charge in [0.15, 0.2) is 0 Å². The molecule has 0 unspecified atom stereocenters. The first-order chi connectivity index (χ1) is 42.4. The minimum absolute atomic E-state index is 0. The van der Waals surface area contributed by atoms with Gasteiger partial charge in [0.25, 0.3) is 0 Å². The Morgan fingerprint density at radius 1 is 0.250 bits per heavy atom. The predicted octanol–water partition coefficient (Wildman–Crippen LogP) is 21.4. The van der Waals surface area contributed by atoms with E-state index in [1.165, 1.54) is 82.4 Å². The highest BCUT2D eigenvalue weighted by atomic mass is 14.7. The molecule has 3 aliphatic carbocycles. The van der Waals surface area contributed by atoms with Crippen LogP contribution in [-0.2, 0) is 16.2 Å². The molecule has 0 saturated carbocycles. The molecule has 3 radical (unpaired) electrons. The second-order valence-electron chi connectivity index (χ2n) is 25.5. The molecule has 0 fully saturated rings. The molecule has 417 valence electrons. The molecule has 3 aliphatic rings. The summed E-state index contributed by atoms with van der Waals surface area (Å²) in [4.78, 5) is 15.9. The highest BCUT2D eigenvalue weighted by Gasteiger charge is 2.39. The van der Waals surface area contributed by atoms with Crippen LogP contribution in [0.3, 0.4) is 0 Å². The van der Waals surface area contributed by atoms with E-state index in [4.69, 9.17) is 15.0 Å². The van der Waals surface area contributed by atoms with E-state index in [0.29, 0.717) is 0 Å². The lowest BCUT2D eigenvalue weighted by molar-refractivity contribution is 0.707. The van der Waals surface area contributed by atoms with Crippen molar-refractivity contribution in [3.05, 3.63) is 306 Å². The Balaban J connectivity index is 0.00000650. The van der Waals surface area contributed by atoms with Crippen molar-refractivity contribution >= 4 is 75.7 Å². The van der Waals surface area contributed by atoms with Crippen LogP contribution in [0.2, 0.25) is 0 Å². The maximum atomic E-state index is 5.29. The maximum Gasteiger partial charge on any atom is 0.0671 e. The number of allylic oxidation sites excluding steroid dienone is 3. The molecule has 0 saturated heterocycles. The fraction of sp³-hybridized carbons (Fsp3) is 0.107. The molecule has 0 atom stereocenters. The Morgan fingerprint density at radius 3 is 0.761 bits per heavy atom. The Bertz CT molecular complexity index is 4570. The zero-order valence-corrected chi connectivity index (χ0v) is 50.4. The first kappa shape index (κ1) is 54.4. The number of nitrogens with zero attached hydrogens (tertiary/aromatic N) is 3. The van der Waals surface area contributed by atoms with Gasteiger partial charge < -0.3 is 0 Å². The number of benzene rings is 10. The number of hydrogen-bond donors (Lipinski definition) is 0. The van der Waals surface area contributed by atoms with Crippen LogP contribution >= 0.6 is 0 Å². The van der Waals surface area contributed by atoms with Crippen LogP contribution in [0.5, 0.6) is 0 Å². The second-order valence-corrected chi connectivity index (χ2v) is 25.5. The van der Waals surface area contributed by atoms with Crippen LogP contribution in [-0.4, -0.2) is 23.4 Å². The third kappa shape index (κ3) is 8.68. The molecule has 3 heterocycles. The molecule has 10 aromatic carbocycles. The van der Waals surface area contributed by atoms with E-state index in [0.717, 1.165) is 83.8 Å². The minimum Gasteiger partial charge on any atom is -0.256 e. The molecular weight excluding hydrogens is 1060 g/mol. The fourth-order valence-electron chi connectivity index (χ4n) is 15.1. The largest absolute Gasteiger partial charge is 0.256 e. The molecule has 0 bridgehead atoms. The van der Waals surface area contributed by atoms with Gasteiger partial charge in [-0.25, -0.2) is 0 Å². The van der Waals surface area contributed by atoms with Gasteiger partial charge in [-0.15, -0.1) is 0 Å². The van der Waals surface area contributed by atoms with Gasteiger partial charge in [-0.1, -0.05) is 242 Å². The van der Waals surface area contributed by atoms with Gasteiger partial charge in [0, 0.05) is 59.9 Å². The van der Waals surface area contributed by atoms with Crippen LogP contribution in [0, 0.1) is 0 Å². The van der Waals surface area contributed by atoms with E-state index in [1.807, 2.05) is 0 Å². The lowest BCUT2D eigenvalue weighted by Gasteiger charge is -2.26. The number of aromatic nitrogens is 3. The average Bonchev–Trinajstić information content (AvgIpc) is 2.37. The lowest BCUT2D eigenvalue weighted by atomic mass is 9.78.